The van der Waals surface area contributed by atoms with Crippen molar-refractivity contribution in [3.05, 3.63) is 52.7 Å². The van der Waals surface area contributed by atoms with Crippen LogP contribution in [0.25, 0.3) is 0 Å². The molecule has 2 heterocycles. The Hall–Kier alpha value is -2.34. The van der Waals surface area contributed by atoms with Gasteiger partial charge in [-0.05, 0) is 49.3 Å². The molecule has 0 saturated carbocycles. The Balaban J connectivity index is 1.34. The number of anilines is 1. The fourth-order valence-electron chi connectivity index (χ4n) is 3.17. The topological polar surface area (TPSA) is 61.4 Å². The molecule has 1 aromatic carbocycles. The lowest BCUT2D eigenvalue weighted by molar-refractivity contribution is -0.132. The average Bonchev–Trinajstić information content (AvgIpc) is 3.16. The minimum atomic E-state index is -0.183. The molecule has 2 aromatic rings. The van der Waals surface area contributed by atoms with Crippen LogP contribution in [-0.4, -0.2) is 36.0 Å². The van der Waals surface area contributed by atoms with Crippen LogP contribution in [0.5, 0.6) is 0 Å². The first-order chi connectivity index (χ1) is 12.7. The normalized spacial score (nSPS) is 14.8. The number of hydrogen-bond donors (Lipinski definition) is 2. The van der Waals surface area contributed by atoms with Crippen molar-refractivity contribution in [1.82, 2.24) is 10.2 Å². The number of nitrogens with one attached hydrogen (secondary N) is 2. The van der Waals surface area contributed by atoms with E-state index in [2.05, 4.69) is 22.1 Å². The van der Waals surface area contributed by atoms with Crippen molar-refractivity contribution < 1.29 is 9.59 Å². The predicted octanol–water partition coefficient (Wildman–Crippen LogP) is 3.88. The predicted molar refractivity (Wildman–Crippen MR) is 105 cm³/mol. The molecule has 3 amide bonds. The van der Waals surface area contributed by atoms with Crippen molar-refractivity contribution in [1.29, 1.82) is 0 Å². The van der Waals surface area contributed by atoms with Crippen LogP contribution in [0.15, 0.2) is 47.8 Å². The summed E-state index contributed by atoms with van der Waals surface area (Å²) >= 11 is 1.75. The summed E-state index contributed by atoms with van der Waals surface area (Å²) in [6, 6.07) is 13.5. The molecule has 1 aromatic heterocycles. The third-order valence-electron chi connectivity index (χ3n) is 4.61. The molecule has 138 valence electrons. The highest BCUT2D eigenvalue weighted by Gasteiger charge is 2.23. The molecule has 5 nitrogen and oxygen atoms in total. The van der Waals surface area contributed by atoms with Gasteiger partial charge in [0.05, 0.1) is 0 Å². The molecular weight excluding hydrogens is 346 g/mol. The van der Waals surface area contributed by atoms with Gasteiger partial charge in [0.15, 0.2) is 0 Å². The second-order valence-electron chi connectivity index (χ2n) is 6.55. The lowest BCUT2D eigenvalue weighted by Gasteiger charge is -2.32. The van der Waals surface area contributed by atoms with Crippen LogP contribution in [0, 0.1) is 0 Å². The Morgan fingerprint density at radius 1 is 1.08 bits per heavy atom. The third kappa shape index (κ3) is 5.59. The maximum atomic E-state index is 12.3. The molecule has 2 N–H and O–H groups in total. The molecule has 26 heavy (non-hydrogen) atoms. The van der Waals surface area contributed by atoms with E-state index >= 15 is 0 Å². The second-order valence-corrected chi connectivity index (χ2v) is 7.58. The number of thiophene rings is 1. The fourth-order valence-corrected chi connectivity index (χ4v) is 3.93. The highest BCUT2D eigenvalue weighted by molar-refractivity contribution is 7.09. The van der Waals surface area contributed by atoms with Gasteiger partial charge in [0, 0.05) is 36.1 Å². The second kappa shape index (κ2) is 9.38. The quantitative estimate of drug-likeness (QED) is 0.809. The summed E-state index contributed by atoms with van der Waals surface area (Å²) in [6.45, 7) is 1.43. The number of likely N-dealkylation sites (tertiary alicyclic amines) is 1. The van der Waals surface area contributed by atoms with Crippen LogP contribution in [0.4, 0.5) is 10.5 Å². The maximum absolute atomic E-state index is 12.3. The molecule has 0 radical (unpaired) electrons. The number of amides is 3. The van der Waals surface area contributed by atoms with E-state index in [1.54, 1.807) is 11.3 Å². The Bertz CT molecular complexity index is 695. The number of carbonyl (C=O) groups is 2. The van der Waals surface area contributed by atoms with Crippen molar-refractivity contribution in [2.75, 3.05) is 18.4 Å². The molecule has 0 unspecified atom stereocenters. The minimum absolute atomic E-state index is 0.119. The van der Waals surface area contributed by atoms with E-state index in [9.17, 15) is 9.59 Å². The van der Waals surface area contributed by atoms with Gasteiger partial charge in [-0.3, -0.25) is 4.79 Å². The van der Waals surface area contributed by atoms with Crippen molar-refractivity contribution in [3.8, 4) is 0 Å². The average molecular weight is 372 g/mol. The van der Waals surface area contributed by atoms with Gasteiger partial charge >= 0.3 is 6.03 Å². The van der Waals surface area contributed by atoms with Crippen molar-refractivity contribution >= 4 is 29.0 Å². The summed E-state index contributed by atoms with van der Waals surface area (Å²) in [6.07, 6.45) is 4.08. The summed E-state index contributed by atoms with van der Waals surface area (Å²) in [5.74, 6) is 0.230. The number of carbonyl (C=O) groups excluding carboxylic acids is 2. The molecule has 1 saturated heterocycles. The first-order valence-electron chi connectivity index (χ1n) is 9.13. The van der Waals surface area contributed by atoms with Gasteiger partial charge in [0.2, 0.25) is 5.91 Å². The number of hydrogen-bond acceptors (Lipinski definition) is 3. The molecule has 1 aliphatic heterocycles. The van der Waals surface area contributed by atoms with Crippen LogP contribution in [-0.2, 0) is 11.2 Å². The van der Waals surface area contributed by atoms with Crippen LogP contribution in [0.1, 0.15) is 30.6 Å². The van der Waals surface area contributed by atoms with E-state index in [0.29, 0.717) is 19.5 Å². The SMILES string of the molecule is O=C(Nc1ccccc1)NC1CCN(C(=O)CCCc2cccs2)CC1. The van der Waals surface area contributed by atoms with Gasteiger partial charge < -0.3 is 15.5 Å². The Morgan fingerprint density at radius 2 is 1.85 bits per heavy atom. The number of aryl methyl sites for hydroxylation is 1. The van der Waals surface area contributed by atoms with Crippen LogP contribution in [0.3, 0.4) is 0 Å². The molecule has 6 heteroatoms. The highest BCUT2D eigenvalue weighted by Crippen LogP contribution is 2.15. The highest BCUT2D eigenvalue weighted by atomic mass is 32.1. The number of urea groups is 1. The smallest absolute Gasteiger partial charge is 0.319 e. The minimum Gasteiger partial charge on any atom is -0.343 e. The van der Waals surface area contributed by atoms with Crippen molar-refractivity contribution in [2.45, 2.75) is 38.1 Å². The maximum Gasteiger partial charge on any atom is 0.319 e. The molecule has 1 fully saturated rings. The molecule has 3 rings (SSSR count). The Kier molecular flexibility index (Phi) is 6.66. The molecule has 0 aliphatic carbocycles. The molecule has 0 atom stereocenters. The van der Waals surface area contributed by atoms with Crippen molar-refractivity contribution in [3.63, 3.8) is 0 Å². The zero-order valence-corrected chi connectivity index (χ0v) is 15.6. The number of benzene rings is 1. The number of para-hydroxylation sites is 1. The van der Waals surface area contributed by atoms with Crippen LogP contribution in [0.2, 0.25) is 0 Å². The largest absolute Gasteiger partial charge is 0.343 e. The first-order valence-corrected chi connectivity index (χ1v) is 10.0. The van der Waals surface area contributed by atoms with E-state index < -0.39 is 0 Å². The fraction of sp³-hybridized carbons (Fsp3) is 0.400. The van der Waals surface area contributed by atoms with E-state index in [0.717, 1.165) is 31.4 Å². The monoisotopic (exact) mass is 371 g/mol. The lowest BCUT2D eigenvalue weighted by Crippen LogP contribution is -2.47. The summed E-state index contributed by atoms with van der Waals surface area (Å²) in [5, 5.41) is 7.91. The molecular formula is C20H25N3O2S. The summed E-state index contributed by atoms with van der Waals surface area (Å²) in [4.78, 5) is 27.6. The number of nitrogens with zero attached hydrogens (tertiary/aromatic N) is 1. The lowest BCUT2D eigenvalue weighted by atomic mass is 10.0. The van der Waals surface area contributed by atoms with E-state index in [1.165, 1.54) is 4.88 Å². The molecule has 1 aliphatic rings. The van der Waals surface area contributed by atoms with E-state index in [-0.39, 0.29) is 18.0 Å². The zero-order chi connectivity index (χ0) is 18.2. The van der Waals surface area contributed by atoms with Gasteiger partial charge in [0.25, 0.3) is 0 Å². The Morgan fingerprint density at radius 3 is 2.54 bits per heavy atom. The van der Waals surface area contributed by atoms with Gasteiger partial charge in [-0.25, -0.2) is 4.79 Å². The summed E-state index contributed by atoms with van der Waals surface area (Å²) in [5.41, 5.74) is 0.781. The van der Waals surface area contributed by atoms with Crippen LogP contribution >= 0.6 is 11.3 Å². The van der Waals surface area contributed by atoms with Gasteiger partial charge in [-0.1, -0.05) is 24.3 Å². The van der Waals surface area contributed by atoms with Gasteiger partial charge in [-0.2, -0.15) is 0 Å². The van der Waals surface area contributed by atoms with Gasteiger partial charge in [-0.15, -0.1) is 11.3 Å². The Labute approximate surface area is 158 Å². The van der Waals surface area contributed by atoms with E-state index in [1.807, 2.05) is 41.3 Å². The van der Waals surface area contributed by atoms with Crippen molar-refractivity contribution in [2.24, 2.45) is 0 Å². The van der Waals surface area contributed by atoms with Crippen LogP contribution < -0.4 is 10.6 Å². The van der Waals surface area contributed by atoms with Gasteiger partial charge in [0.1, 0.15) is 0 Å². The third-order valence-corrected chi connectivity index (χ3v) is 5.54. The van der Waals surface area contributed by atoms with E-state index in [4.69, 9.17) is 0 Å². The summed E-state index contributed by atoms with van der Waals surface area (Å²) < 4.78 is 0. The summed E-state index contributed by atoms with van der Waals surface area (Å²) in [7, 11) is 0. The first kappa shape index (κ1) is 18.5. The zero-order valence-electron chi connectivity index (χ0n) is 14.8. The number of rotatable bonds is 6. The number of piperidine rings is 1. The molecule has 0 bridgehead atoms. The molecule has 0 spiro atoms. The standard InChI is InChI=1S/C20H25N3O2S/c24-19(10-4-8-18-9-5-15-26-18)23-13-11-17(12-14-23)22-20(25)21-16-6-2-1-3-7-16/h1-3,5-7,9,15,17H,4,8,10-14H2,(H2,21,22,25).